The topological polar surface area (TPSA) is 88.6 Å². The molecule has 142 valence electrons. The molecule has 2 heterocycles. The molecule has 0 aliphatic carbocycles. The van der Waals surface area contributed by atoms with Crippen LogP contribution in [-0.4, -0.2) is 49.6 Å². The van der Waals surface area contributed by atoms with Gasteiger partial charge in [0.2, 0.25) is 15.9 Å². The van der Waals surface area contributed by atoms with E-state index in [0.717, 1.165) is 17.6 Å². The second-order valence-corrected chi connectivity index (χ2v) is 8.97. The molecule has 2 aromatic rings. The summed E-state index contributed by atoms with van der Waals surface area (Å²) >= 11 is 1.16. The second-order valence-electron chi connectivity index (χ2n) is 5.95. The van der Waals surface area contributed by atoms with Crippen molar-refractivity contribution in [2.24, 2.45) is 5.92 Å². The number of halogens is 2. The van der Waals surface area contributed by atoms with Crippen LogP contribution in [0.4, 0.5) is 13.9 Å². The van der Waals surface area contributed by atoms with Crippen LogP contribution in [0.3, 0.4) is 0 Å². The molecule has 0 bridgehead atoms. The molecular weight excluding hydrogens is 388 g/mol. The number of piperidine rings is 1. The molecular formula is C15H17F2N3O4S2. The molecule has 0 saturated carbocycles. The Balaban J connectivity index is 1.64. The Kier molecular flexibility index (Phi) is 5.39. The van der Waals surface area contributed by atoms with Crippen molar-refractivity contribution in [3.63, 3.8) is 0 Å². The molecule has 1 aromatic heterocycles. The first-order valence-electron chi connectivity index (χ1n) is 7.84. The minimum atomic E-state index is -3.24. The Bertz CT molecular complexity index is 909. The molecule has 0 atom stereocenters. The number of sulfonamides is 1. The number of amides is 1. The van der Waals surface area contributed by atoms with Crippen LogP contribution in [-0.2, 0) is 14.8 Å². The molecule has 0 unspecified atom stereocenters. The zero-order chi connectivity index (χ0) is 18.9. The minimum absolute atomic E-state index is 0.0298. The van der Waals surface area contributed by atoms with Gasteiger partial charge in [0.15, 0.2) is 5.13 Å². The van der Waals surface area contributed by atoms with E-state index in [4.69, 9.17) is 0 Å². The van der Waals surface area contributed by atoms with Crippen LogP contribution in [0.2, 0.25) is 0 Å². The first kappa shape index (κ1) is 18.9. The molecule has 11 heteroatoms. The Morgan fingerprint density at radius 3 is 2.69 bits per heavy atom. The summed E-state index contributed by atoms with van der Waals surface area (Å²) in [5.41, 5.74) is 0.568. The fraction of sp³-hybridized carbons (Fsp3) is 0.467. The van der Waals surface area contributed by atoms with Gasteiger partial charge in [-0.15, -0.1) is 0 Å². The third kappa shape index (κ3) is 4.46. The highest BCUT2D eigenvalue weighted by atomic mass is 32.2. The predicted octanol–water partition coefficient (Wildman–Crippen LogP) is 2.51. The average Bonchev–Trinajstić information content (AvgIpc) is 2.95. The number of rotatable bonds is 5. The van der Waals surface area contributed by atoms with Crippen LogP contribution >= 0.6 is 11.3 Å². The van der Waals surface area contributed by atoms with E-state index in [1.165, 1.54) is 16.4 Å². The third-order valence-corrected chi connectivity index (χ3v) is 6.35. The lowest BCUT2D eigenvalue weighted by molar-refractivity contribution is -0.120. The molecule has 26 heavy (non-hydrogen) atoms. The van der Waals surface area contributed by atoms with Gasteiger partial charge in [0, 0.05) is 19.0 Å². The van der Waals surface area contributed by atoms with E-state index in [2.05, 4.69) is 15.0 Å². The normalized spacial score (nSPS) is 16.9. The molecule has 1 aliphatic heterocycles. The monoisotopic (exact) mass is 405 g/mol. The lowest BCUT2D eigenvalue weighted by Crippen LogP contribution is -2.40. The third-order valence-electron chi connectivity index (χ3n) is 4.11. The van der Waals surface area contributed by atoms with Crippen LogP contribution in [0.15, 0.2) is 18.2 Å². The molecule has 1 fully saturated rings. The zero-order valence-electron chi connectivity index (χ0n) is 13.8. The lowest BCUT2D eigenvalue weighted by Gasteiger charge is -2.29. The van der Waals surface area contributed by atoms with Gasteiger partial charge in [-0.1, -0.05) is 11.3 Å². The van der Waals surface area contributed by atoms with Crippen LogP contribution in [0.5, 0.6) is 5.75 Å². The summed E-state index contributed by atoms with van der Waals surface area (Å²) in [7, 11) is -3.24. The number of carbonyl (C=O) groups excluding carboxylic acids is 1. The van der Waals surface area contributed by atoms with Gasteiger partial charge in [0.05, 0.1) is 16.5 Å². The zero-order valence-corrected chi connectivity index (χ0v) is 15.4. The number of aromatic nitrogens is 1. The van der Waals surface area contributed by atoms with E-state index >= 15 is 0 Å². The van der Waals surface area contributed by atoms with Crippen molar-refractivity contribution in [1.82, 2.24) is 9.29 Å². The second kappa shape index (κ2) is 7.41. The maximum Gasteiger partial charge on any atom is 0.387 e. The van der Waals surface area contributed by atoms with Gasteiger partial charge in [-0.05, 0) is 31.0 Å². The largest absolute Gasteiger partial charge is 0.435 e. The maximum absolute atomic E-state index is 12.4. The number of hydrogen-bond acceptors (Lipinski definition) is 6. The number of benzene rings is 1. The summed E-state index contributed by atoms with van der Waals surface area (Å²) in [6.07, 6.45) is 2.03. The number of anilines is 1. The number of alkyl halides is 2. The smallest absolute Gasteiger partial charge is 0.387 e. The Morgan fingerprint density at radius 2 is 2.08 bits per heavy atom. The Labute approximate surface area is 153 Å². The molecule has 0 spiro atoms. The first-order chi connectivity index (χ1) is 12.2. The van der Waals surface area contributed by atoms with Crippen LogP contribution in [0, 0.1) is 5.92 Å². The number of fused-ring (bicyclic) bond motifs is 1. The minimum Gasteiger partial charge on any atom is -0.435 e. The fourth-order valence-corrected chi connectivity index (χ4v) is 4.56. The molecule has 0 radical (unpaired) electrons. The summed E-state index contributed by atoms with van der Waals surface area (Å²) in [5.74, 6) is -0.485. The maximum atomic E-state index is 12.4. The van der Waals surface area contributed by atoms with Gasteiger partial charge in [0.1, 0.15) is 5.75 Å². The Hall–Kier alpha value is -1.85. The number of hydrogen-bond donors (Lipinski definition) is 1. The molecule has 1 N–H and O–H groups in total. The van der Waals surface area contributed by atoms with Crippen molar-refractivity contribution in [3.8, 4) is 5.75 Å². The summed E-state index contributed by atoms with van der Waals surface area (Å²) in [6, 6.07) is 4.38. The van der Waals surface area contributed by atoms with Gasteiger partial charge < -0.3 is 10.1 Å². The van der Waals surface area contributed by atoms with Crippen molar-refractivity contribution in [3.05, 3.63) is 18.2 Å². The van der Waals surface area contributed by atoms with Gasteiger partial charge in [0.25, 0.3) is 0 Å². The summed E-state index contributed by atoms with van der Waals surface area (Å²) in [4.78, 5) is 16.6. The molecule has 1 amide bonds. The molecule has 1 aromatic carbocycles. The predicted molar refractivity (Wildman–Crippen MR) is 94.0 cm³/mol. The number of nitrogens with one attached hydrogen (secondary N) is 1. The Morgan fingerprint density at radius 1 is 1.38 bits per heavy atom. The highest BCUT2D eigenvalue weighted by Gasteiger charge is 2.29. The van der Waals surface area contributed by atoms with Crippen LogP contribution in [0.1, 0.15) is 12.8 Å². The van der Waals surface area contributed by atoms with E-state index in [-0.39, 0.29) is 17.6 Å². The van der Waals surface area contributed by atoms with Crippen molar-refractivity contribution in [2.75, 3.05) is 24.7 Å². The highest BCUT2D eigenvalue weighted by Crippen LogP contribution is 2.30. The molecule has 1 aliphatic rings. The van der Waals surface area contributed by atoms with E-state index in [1.807, 2.05) is 0 Å². The quantitative estimate of drug-likeness (QED) is 0.826. The van der Waals surface area contributed by atoms with Crippen molar-refractivity contribution in [1.29, 1.82) is 0 Å². The van der Waals surface area contributed by atoms with E-state index in [0.29, 0.717) is 41.3 Å². The number of thiazole rings is 1. The van der Waals surface area contributed by atoms with Gasteiger partial charge in [-0.25, -0.2) is 17.7 Å². The highest BCUT2D eigenvalue weighted by molar-refractivity contribution is 7.88. The van der Waals surface area contributed by atoms with Crippen LogP contribution < -0.4 is 10.1 Å². The van der Waals surface area contributed by atoms with E-state index in [1.54, 1.807) is 6.07 Å². The molecule has 7 nitrogen and oxygen atoms in total. The summed E-state index contributed by atoms with van der Waals surface area (Å²) in [5, 5.41) is 3.09. The summed E-state index contributed by atoms with van der Waals surface area (Å²) in [6.45, 7) is -2.28. The summed E-state index contributed by atoms with van der Waals surface area (Å²) < 4.78 is 53.9. The first-order valence-corrected chi connectivity index (χ1v) is 10.5. The molecule has 1 saturated heterocycles. The lowest BCUT2D eigenvalue weighted by atomic mass is 9.97. The average molecular weight is 405 g/mol. The fourth-order valence-electron chi connectivity index (χ4n) is 2.79. The van der Waals surface area contributed by atoms with Crippen molar-refractivity contribution in [2.45, 2.75) is 19.5 Å². The van der Waals surface area contributed by atoms with E-state index in [9.17, 15) is 22.0 Å². The number of nitrogens with zero attached hydrogens (tertiary/aromatic N) is 2. The standard InChI is InChI=1S/C15H17F2N3O4S2/c1-26(22,23)20-6-4-9(5-7-20)13(21)19-15-18-11-3-2-10(24-14(16)17)8-12(11)25-15/h2-3,8-9,14H,4-7H2,1H3,(H,18,19,21). The van der Waals surface area contributed by atoms with Crippen molar-refractivity contribution < 1.29 is 26.7 Å². The van der Waals surface area contributed by atoms with E-state index < -0.39 is 16.6 Å². The number of ether oxygens (including phenoxy) is 1. The van der Waals surface area contributed by atoms with Crippen molar-refractivity contribution >= 4 is 42.6 Å². The van der Waals surface area contributed by atoms with Crippen LogP contribution in [0.25, 0.3) is 10.2 Å². The number of carbonyl (C=O) groups is 1. The SMILES string of the molecule is CS(=O)(=O)N1CCC(C(=O)Nc2nc3ccc(OC(F)F)cc3s2)CC1. The van der Waals surface area contributed by atoms with Gasteiger partial charge >= 0.3 is 6.61 Å². The molecule has 3 rings (SSSR count). The van der Waals surface area contributed by atoms with Gasteiger partial charge in [-0.2, -0.15) is 8.78 Å². The van der Waals surface area contributed by atoms with Gasteiger partial charge in [-0.3, -0.25) is 4.79 Å².